The molecule has 0 unspecified atom stereocenters. The van der Waals surface area contributed by atoms with Gasteiger partial charge in [-0.2, -0.15) is 0 Å². The van der Waals surface area contributed by atoms with Crippen LogP contribution in [0, 0.1) is 6.92 Å². The van der Waals surface area contributed by atoms with Crippen LogP contribution in [-0.2, 0) is 6.54 Å². The standard InChI is InChI=1S/C13H16ClN3O/c1-8(2)15-7-12-16-17-13(18-12)10-5-4-6-11(14)9(10)3/h4-6,8,15H,7H2,1-3H3. The molecule has 1 N–H and O–H groups in total. The molecule has 0 aliphatic carbocycles. The number of aromatic nitrogens is 2. The summed E-state index contributed by atoms with van der Waals surface area (Å²) in [5.41, 5.74) is 1.83. The van der Waals surface area contributed by atoms with E-state index in [1.165, 1.54) is 0 Å². The second-order valence-electron chi connectivity index (χ2n) is 4.45. The summed E-state index contributed by atoms with van der Waals surface area (Å²) in [6.45, 7) is 6.65. The van der Waals surface area contributed by atoms with E-state index in [0.717, 1.165) is 11.1 Å². The summed E-state index contributed by atoms with van der Waals surface area (Å²) >= 11 is 6.07. The maximum atomic E-state index is 6.07. The van der Waals surface area contributed by atoms with Gasteiger partial charge in [0.25, 0.3) is 0 Å². The van der Waals surface area contributed by atoms with Crippen molar-refractivity contribution in [3.63, 3.8) is 0 Å². The Morgan fingerprint density at radius 2 is 2.11 bits per heavy atom. The predicted octanol–water partition coefficient (Wildman–Crippen LogP) is 3.20. The molecule has 0 fully saturated rings. The highest BCUT2D eigenvalue weighted by Crippen LogP contribution is 2.27. The quantitative estimate of drug-likeness (QED) is 0.922. The lowest BCUT2D eigenvalue weighted by atomic mass is 10.1. The molecule has 2 rings (SSSR count). The molecule has 0 spiro atoms. The van der Waals surface area contributed by atoms with Crippen LogP contribution in [0.25, 0.3) is 11.5 Å². The van der Waals surface area contributed by atoms with E-state index in [4.69, 9.17) is 16.0 Å². The molecular weight excluding hydrogens is 250 g/mol. The van der Waals surface area contributed by atoms with Crippen molar-refractivity contribution in [3.05, 3.63) is 34.7 Å². The Bertz CT molecular complexity index is 537. The lowest BCUT2D eigenvalue weighted by Crippen LogP contribution is -2.21. The fourth-order valence-electron chi connectivity index (χ4n) is 1.56. The van der Waals surface area contributed by atoms with E-state index in [2.05, 4.69) is 29.4 Å². The molecule has 0 amide bonds. The third-order valence-corrected chi connectivity index (χ3v) is 3.04. The van der Waals surface area contributed by atoms with Crippen LogP contribution in [0.15, 0.2) is 22.6 Å². The average molecular weight is 266 g/mol. The Morgan fingerprint density at radius 1 is 1.33 bits per heavy atom. The highest BCUT2D eigenvalue weighted by molar-refractivity contribution is 6.31. The van der Waals surface area contributed by atoms with E-state index < -0.39 is 0 Å². The summed E-state index contributed by atoms with van der Waals surface area (Å²) in [5, 5.41) is 12.0. The SMILES string of the molecule is Cc1c(Cl)cccc1-c1nnc(CNC(C)C)o1. The first-order chi connectivity index (χ1) is 8.58. The molecule has 0 saturated heterocycles. The van der Waals surface area contributed by atoms with Crippen molar-refractivity contribution < 1.29 is 4.42 Å². The number of nitrogens with zero attached hydrogens (tertiary/aromatic N) is 2. The molecule has 5 heteroatoms. The van der Waals surface area contributed by atoms with Gasteiger partial charge in [0.1, 0.15) is 0 Å². The van der Waals surface area contributed by atoms with Gasteiger partial charge < -0.3 is 9.73 Å². The number of nitrogens with one attached hydrogen (secondary N) is 1. The first-order valence-electron chi connectivity index (χ1n) is 5.89. The number of hydrogen-bond donors (Lipinski definition) is 1. The third-order valence-electron chi connectivity index (χ3n) is 2.63. The van der Waals surface area contributed by atoms with E-state index in [-0.39, 0.29) is 0 Å². The fourth-order valence-corrected chi connectivity index (χ4v) is 1.74. The molecule has 4 nitrogen and oxygen atoms in total. The van der Waals surface area contributed by atoms with Crippen LogP contribution in [0.2, 0.25) is 5.02 Å². The van der Waals surface area contributed by atoms with Crippen molar-refractivity contribution in [2.24, 2.45) is 0 Å². The molecule has 0 aliphatic rings. The Morgan fingerprint density at radius 3 is 2.83 bits per heavy atom. The van der Waals surface area contributed by atoms with Gasteiger partial charge in [0, 0.05) is 16.6 Å². The summed E-state index contributed by atoms with van der Waals surface area (Å²) < 4.78 is 5.61. The van der Waals surface area contributed by atoms with Gasteiger partial charge in [-0.25, -0.2) is 0 Å². The predicted molar refractivity (Wildman–Crippen MR) is 71.5 cm³/mol. The van der Waals surface area contributed by atoms with Crippen LogP contribution in [-0.4, -0.2) is 16.2 Å². The number of hydrogen-bond acceptors (Lipinski definition) is 4. The highest BCUT2D eigenvalue weighted by atomic mass is 35.5. The van der Waals surface area contributed by atoms with E-state index >= 15 is 0 Å². The Balaban J connectivity index is 2.21. The van der Waals surface area contributed by atoms with Gasteiger partial charge in [0.05, 0.1) is 6.54 Å². The maximum absolute atomic E-state index is 6.07. The summed E-state index contributed by atoms with van der Waals surface area (Å²) in [6, 6.07) is 6.03. The Hall–Kier alpha value is -1.39. The molecule has 2 aromatic rings. The summed E-state index contributed by atoms with van der Waals surface area (Å²) in [6.07, 6.45) is 0. The molecule has 0 radical (unpaired) electrons. The van der Waals surface area contributed by atoms with Gasteiger partial charge in [-0.3, -0.25) is 0 Å². The molecule has 1 aromatic heterocycles. The molecule has 18 heavy (non-hydrogen) atoms. The highest BCUT2D eigenvalue weighted by Gasteiger charge is 2.12. The first-order valence-corrected chi connectivity index (χ1v) is 6.27. The minimum Gasteiger partial charge on any atom is -0.419 e. The summed E-state index contributed by atoms with van der Waals surface area (Å²) in [5.74, 6) is 1.09. The largest absolute Gasteiger partial charge is 0.419 e. The van der Waals surface area contributed by atoms with Crippen LogP contribution >= 0.6 is 11.6 Å². The number of benzene rings is 1. The van der Waals surface area contributed by atoms with Crippen molar-refractivity contribution in [2.45, 2.75) is 33.4 Å². The zero-order valence-corrected chi connectivity index (χ0v) is 11.5. The Kier molecular flexibility index (Phi) is 3.99. The first kappa shape index (κ1) is 13.1. The minimum absolute atomic E-state index is 0.383. The summed E-state index contributed by atoms with van der Waals surface area (Å²) in [4.78, 5) is 0. The van der Waals surface area contributed by atoms with Crippen LogP contribution in [0.3, 0.4) is 0 Å². The molecule has 0 bridgehead atoms. The molecule has 0 saturated carbocycles. The second-order valence-corrected chi connectivity index (χ2v) is 4.86. The van der Waals surface area contributed by atoms with Crippen molar-refractivity contribution in [3.8, 4) is 11.5 Å². The lowest BCUT2D eigenvalue weighted by molar-refractivity contribution is 0.458. The normalized spacial score (nSPS) is 11.2. The van der Waals surface area contributed by atoms with Gasteiger partial charge in [-0.05, 0) is 24.6 Å². The zero-order valence-electron chi connectivity index (χ0n) is 10.7. The van der Waals surface area contributed by atoms with Crippen molar-refractivity contribution in [2.75, 3.05) is 0 Å². The summed E-state index contributed by atoms with van der Waals surface area (Å²) in [7, 11) is 0. The molecular formula is C13H16ClN3O. The number of rotatable bonds is 4. The second kappa shape index (κ2) is 5.50. The average Bonchev–Trinajstić information content (AvgIpc) is 2.78. The van der Waals surface area contributed by atoms with Gasteiger partial charge in [-0.15, -0.1) is 10.2 Å². The van der Waals surface area contributed by atoms with Crippen molar-refractivity contribution in [1.29, 1.82) is 0 Å². The molecule has 1 aromatic carbocycles. The topological polar surface area (TPSA) is 51.0 Å². The zero-order chi connectivity index (χ0) is 13.1. The third kappa shape index (κ3) is 2.89. The molecule has 96 valence electrons. The van der Waals surface area contributed by atoms with Crippen LogP contribution in [0.4, 0.5) is 0 Å². The van der Waals surface area contributed by atoms with E-state index in [1.807, 2.05) is 25.1 Å². The molecule has 0 aliphatic heterocycles. The van der Waals surface area contributed by atoms with Gasteiger partial charge in [0.2, 0.25) is 11.8 Å². The molecule has 1 heterocycles. The van der Waals surface area contributed by atoms with Gasteiger partial charge >= 0.3 is 0 Å². The van der Waals surface area contributed by atoms with Gasteiger partial charge in [-0.1, -0.05) is 31.5 Å². The van der Waals surface area contributed by atoms with Crippen LogP contribution in [0.5, 0.6) is 0 Å². The molecule has 0 atom stereocenters. The van der Waals surface area contributed by atoms with E-state index in [9.17, 15) is 0 Å². The lowest BCUT2D eigenvalue weighted by Gasteiger charge is -2.04. The monoisotopic (exact) mass is 265 g/mol. The minimum atomic E-state index is 0.383. The maximum Gasteiger partial charge on any atom is 0.248 e. The van der Waals surface area contributed by atoms with Gasteiger partial charge in [0.15, 0.2) is 0 Å². The van der Waals surface area contributed by atoms with Crippen LogP contribution in [0.1, 0.15) is 25.3 Å². The van der Waals surface area contributed by atoms with E-state index in [0.29, 0.717) is 29.4 Å². The smallest absolute Gasteiger partial charge is 0.248 e. The van der Waals surface area contributed by atoms with Crippen molar-refractivity contribution >= 4 is 11.6 Å². The van der Waals surface area contributed by atoms with Crippen molar-refractivity contribution in [1.82, 2.24) is 15.5 Å². The Labute approximate surface area is 111 Å². The number of halogens is 1. The van der Waals surface area contributed by atoms with Crippen LogP contribution < -0.4 is 5.32 Å². The van der Waals surface area contributed by atoms with E-state index in [1.54, 1.807) is 0 Å². The fraction of sp³-hybridized carbons (Fsp3) is 0.385.